The van der Waals surface area contributed by atoms with Crippen molar-refractivity contribution in [1.29, 1.82) is 0 Å². The van der Waals surface area contributed by atoms with Crippen molar-refractivity contribution in [3.8, 4) is 5.75 Å². The molecule has 3 N–H and O–H groups in total. The molecular weight excluding hydrogens is 280 g/mol. The first-order valence-corrected chi connectivity index (χ1v) is 7.61. The summed E-state index contributed by atoms with van der Waals surface area (Å²) in [7, 11) is 5.72. The minimum Gasteiger partial charge on any atom is -0.495 e. The zero-order valence-corrected chi connectivity index (χ0v) is 13.6. The van der Waals surface area contributed by atoms with Crippen LogP contribution in [-0.2, 0) is 4.79 Å². The van der Waals surface area contributed by atoms with E-state index >= 15 is 0 Å². The minimum absolute atomic E-state index is 0.0222. The summed E-state index contributed by atoms with van der Waals surface area (Å²) in [6.07, 6.45) is 2.21. The van der Waals surface area contributed by atoms with Crippen molar-refractivity contribution in [3.05, 3.63) is 18.2 Å². The number of nitrogen functional groups attached to an aromatic ring is 1. The van der Waals surface area contributed by atoms with Crippen LogP contribution < -0.4 is 15.8 Å². The third kappa shape index (κ3) is 4.35. The molecule has 2 rings (SSSR count). The molecule has 0 unspecified atom stereocenters. The summed E-state index contributed by atoms with van der Waals surface area (Å²) in [5.74, 6) is 0.590. The molecule has 1 fully saturated rings. The van der Waals surface area contributed by atoms with Crippen LogP contribution >= 0.6 is 0 Å². The van der Waals surface area contributed by atoms with Gasteiger partial charge in [-0.2, -0.15) is 0 Å². The second-order valence-corrected chi connectivity index (χ2v) is 5.95. The number of benzene rings is 1. The monoisotopic (exact) mass is 306 g/mol. The van der Waals surface area contributed by atoms with Crippen molar-refractivity contribution in [3.63, 3.8) is 0 Å². The molecule has 1 aromatic rings. The van der Waals surface area contributed by atoms with Crippen molar-refractivity contribution < 1.29 is 9.53 Å². The molecule has 1 amide bonds. The van der Waals surface area contributed by atoms with Gasteiger partial charge in [0, 0.05) is 11.7 Å². The smallest absolute Gasteiger partial charge is 0.238 e. The Morgan fingerprint density at radius 1 is 1.45 bits per heavy atom. The molecule has 0 aliphatic carbocycles. The summed E-state index contributed by atoms with van der Waals surface area (Å²) < 4.78 is 5.11. The Morgan fingerprint density at radius 3 is 2.73 bits per heavy atom. The Kier molecular flexibility index (Phi) is 5.63. The van der Waals surface area contributed by atoms with E-state index in [2.05, 4.69) is 22.2 Å². The second-order valence-electron chi connectivity index (χ2n) is 5.95. The number of hydrogen-bond acceptors (Lipinski definition) is 5. The van der Waals surface area contributed by atoms with Gasteiger partial charge in [-0.3, -0.25) is 9.69 Å². The van der Waals surface area contributed by atoms with Gasteiger partial charge in [-0.25, -0.2) is 0 Å². The van der Waals surface area contributed by atoms with E-state index in [4.69, 9.17) is 10.5 Å². The number of nitrogens with one attached hydrogen (secondary N) is 1. The number of nitrogens with two attached hydrogens (primary N) is 1. The number of amides is 1. The fourth-order valence-corrected chi connectivity index (χ4v) is 2.80. The lowest BCUT2D eigenvalue weighted by Gasteiger charge is -2.34. The molecule has 0 aromatic heterocycles. The lowest BCUT2D eigenvalue weighted by atomic mass is 10.0. The maximum absolute atomic E-state index is 12.2. The molecule has 1 aliphatic heterocycles. The highest BCUT2D eigenvalue weighted by Gasteiger charge is 2.21. The zero-order valence-electron chi connectivity index (χ0n) is 13.6. The van der Waals surface area contributed by atoms with E-state index in [1.807, 2.05) is 7.05 Å². The summed E-state index contributed by atoms with van der Waals surface area (Å²) in [6.45, 7) is 2.57. The van der Waals surface area contributed by atoms with Crippen LogP contribution in [0.25, 0.3) is 0 Å². The van der Waals surface area contributed by atoms with Crippen molar-refractivity contribution >= 4 is 17.3 Å². The Hall–Kier alpha value is -1.79. The number of rotatable bonds is 5. The van der Waals surface area contributed by atoms with Crippen molar-refractivity contribution in [1.82, 2.24) is 9.80 Å². The molecule has 0 saturated carbocycles. The van der Waals surface area contributed by atoms with Gasteiger partial charge >= 0.3 is 0 Å². The van der Waals surface area contributed by atoms with E-state index in [-0.39, 0.29) is 5.91 Å². The van der Waals surface area contributed by atoms with E-state index in [1.54, 1.807) is 25.3 Å². The van der Waals surface area contributed by atoms with E-state index in [0.29, 0.717) is 29.7 Å². The molecular formula is C16H26N4O2. The van der Waals surface area contributed by atoms with Gasteiger partial charge in [0.15, 0.2) is 0 Å². The molecule has 1 aromatic carbocycles. The van der Waals surface area contributed by atoms with Crippen LogP contribution in [0.4, 0.5) is 11.4 Å². The number of likely N-dealkylation sites (N-methyl/N-ethyl adjacent to an activating group) is 1. The summed E-state index contributed by atoms with van der Waals surface area (Å²) in [4.78, 5) is 16.6. The average Bonchev–Trinajstić information content (AvgIpc) is 2.48. The fraction of sp³-hybridized carbons (Fsp3) is 0.562. The van der Waals surface area contributed by atoms with Gasteiger partial charge in [-0.15, -0.1) is 0 Å². The quantitative estimate of drug-likeness (QED) is 0.801. The molecule has 6 heteroatoms. The average molecular weight is 306 g/mol. The van der Waals surface area contributed by atoms with Gasteiger partial charge in [0.25, 0.3) is 0 Å². The number of carbonyl (C=O) groups excluding carboxylic acids is 1. The Balaban J connectivity index is 1.85. The molecule has 22 heavy (non-hydrogen) atoms. The van der Waals surface area contributed by atoms with Crippen LogP contribution in [0.15, 0.2) is 18.2 Å². The lowest BCUT2D eigenvalue weighted by molar-refractivity contribution is -0.117. The number of ether oxygens (including phenoxy) is 1. The summed E-state index contributed by atoms with van der Waals surface area (Å²) in [5.41, 5.74) is 7.06. The third-order valence-electron chi connectivity index (χ3n) is 4.22. The number of likely N-dealkylation sites (tertiary alicyclic amines) is 1. The SMILES string of the molecule is COc1ccc(NC(=O)CN(C)C2CCN(C)CC2)cc1N. The zero-order chi connectivity index (χ0) is 16.1. The maximum atomic E-state index is 12.2. The molecule has 1 aliphatic rings. The predicted molar refractivity (Wildman–Crippen MR) is 89.2 cm³/mol. The standard InChI is InChI=1S/C16H26N4O2/c1-19-8-6-13(7-9-19)20(2)11-16(21)18-12-4-5-15(22-3)14(17)10-12/h4-5,10,13H,6-9,11,17H2,1-3H3,(H,18,21). The van der Waals surface area contributed by atoms with Crippen molar-refractivity contribution in [2.24, 2.45) is 0 Å². The number of nitrogens with zero attached hydrogens (tertiary/aromatic N) is 2. The molecule has 0 radical (unpaired) electrons. The van der Waals surface area contributed by atoms with Gasteiger partial charge in [-0.05, 0) is 58.2 Å². The van der Waals surface area contributed by atoms with Gasteiger partial charge in [0.1, 0.15) is 5.75 Å². The minimum atomic E-state index is -0.0222. The summed E-state index contributed by atoms with van der Waals surface area (Å²) >= 11 is 0. The molecule has 6 nitrogen and oxygen atoms in total. The molecule has 122 valence electrons. The Bertz CT molecular complexity index is 513. The first-order valence-electron chi connectivity index (χ1n) is 7.61. The first kappa shape index (κ1) is 16.6. The van der Waals surface area contributed by atoms with Crippen LogP contribution in [0.5, 0.6) is 5.75 Å². The van der Waals surface area contributed by atoms with E-state index < -0.39 is 0 Å². The van der Waals surface area contributed by atoms with Crippen LogP contribution in [-0.4, -0.2) is 62.6 Å². The predicted octanol–water partition coefficient (Wildman–Crippen LogP) is 1.24. The number of hydrogen-bond donors (Lipinski definition) is 2. The van der Waals surface area contributed by atoms with Crippen LogP contribution in [0.3, 0.4) is 0 Å². The highest BCUT2D eigenvalue weighted by atomic mass is 16.5. The molecule has 1 saturated heterocycles. The lowest BCUT2D eigenvalue weighted by Crippen LogP contribution is -2.44. The highest BCUT2D eigenvalue weighted by molar-refractivity contribution is 5.92. The van der Waals surface area contributed by atoms with E-state index in [1.165, 1.54) is 0 Å². The van der Waals surface area contributed by atoms with Crippen LogP contribution in [0, 0.1) is 0 Å². The van der Waals surface area contributed by atoms with Crippen LogP contribution in [0.1, 0.15) is 12.8 Å². The third-order valence-corrected chi connectivity index (χ3v) is 4.22. The Morgan fingerprint density at radius 2 is 2.14 bits per heavy atom. The normalized spacial score (nSPS) is 16.7. The topological polar surface area (TPSA) is 70.8 Å². The van der Waals surface area contributed by atoms with Gasteiger partial charge in [0.05, 0.1) is 19.3 Å². The molecule has 0 atom stereocenters. The largest absolute Gasteiger partial charge is 0.495 e. The van der Waals surface area contributed by atoms with Gasteiger partial charge < -0.3 is 20.7 Å². The summed E-state index contributed by atoms with van der Waals surface area (Å²) in [5, 5.41) is 2.89. The van der Waals surface area contributed by atoms with Crippen molar-refractivity contribution in [2.75, 3.05) is 51.9 Å². The second kappa shape index (κ2) is 7.47. The number of piperidine rings is 1. The highest BCUT2D eigenvalue weighted by Crippen LogP contribution is 2.24. The van der Waals surface area contributed by atoms with E-state index in [9.17, 15) is 4.79 Å². The molecule has 1 heterocycles. The number of carbonyl (C=O) groups is 1. The van der Waals surface area contributed by atoms with E-state index in [0.717, 1.165) is 25.9 Å². The van der Waals surface area contributed by atoms with Crippen LogP contribution in [0.2, 0.25) is 0 Å². The molecule has 0 bridgehead atoms. The van der Waals surface area contributed by atoms with Crippen molar-refractivity contribution in [2.45, 2.75) is 18.9 Å². The summed E-state index contributed by atoms with van der Waals surface area (Å²) in [6, 6.07) is 5.74. The first-order chi connectivity index (χ1) is 10.5. The molecule has 0 spiro atoms. The number of anilines is 2. The fourth-order valence-electron chi connectivity index (χ4n) is 2.80. The van der Waals surface area contributed by atoms with Gasteiger partial charge in [-0.1, -0.05) is 0 Å². The van der Waals surface area contributed by atoms with Gasteiger partial charge in [0.2, 0.25) is 5.91 Å². The number of methoxy groups -OCH3 is 1. The maximum Gasteiger partial charge on any atom is 0.238 e. The Labute approximate surface area is 132 Å².